The first-order chi connectivity index (χ1) is 10.3. The van der Waals surface area contributed by atoms with Crippen LogP contribution in [0, 0.1) is 0 Å². The summed E-state index contributed by atoms with van der Waals surface area (Å²) in [4.78, 5) is 0. The van der Waals surface area contributed by atoms with Crippen molar-refractivity contribution in [1.82, 2.24) is 9.88 Å². The normalized spacial score (nSPS) is 11.3. The number of rotatable bonds is 10. The van der Waals surface area contributed by atoms with Crippen LogP contribution >= 0.6 is 0 Å². The van der Waals surface area contributed by atoms with E-state index in [9.17, 15) is 0 Å². The number of ether oxygens (including phenoxy) is 2. The topological polar surface area (TPSA) is 35.4 Å². The Hall–Kier alpha value is -1.36. The average molecular weight is 290 g/mol. The van der Waals surface area contributed by atoms with Crippen molar-refractivity contribution in [3.63, 3.8) is 0 Å². The molecular formula is C17H26N2O2. The first kappa shape index (κ1) is 16.0. The molecule has 4 heteroatoms. The Balaban J connectivity index is 1.95. The molecule has 21 heavy (non-hydrogen) atoms. The zero-order valence-electron chi connectivity index (χ0n) is 13.1. The van der Waals surface area contributed by atoms with E-state index in [1.807, 2.05) is 0 Å². The third-order valence-electron chi connectivity index (χ3n) is 3.48. The molecule has 116 valence electrons. The van der Waals surface area contributed by atoms with Gasteiger partial charge in [-0.05, 0) is 29.5 Å². The first-order valence-electron chi connectivity index (χ1n) is 7.70. The molecule has 1 heterocycles. The SMILES string of the molecule is CCCOCCn1ccc2ccc(CNCCOC)cc21. The van der Waals surface area contributed by atoms with Crippen LogP contribution in [0.25, 0.3) is 10.9 Å². The minimum atomic E-state index is 0.743. The van der Waals surface area contributed by atoms with Gasteiger partial charge in [0.25, 0.3) is 0 Å². The van der Waals surface area contributed by atoms with Crippen molar-refractivity contribution < 1.29 is 9.47 Å². The van der Waals surface area contributed by atoms with E-state index in [4.69, 9.17) is 9.47 Å². The highest BCUT2D eigenvalue weighted by Gasteiger charge is 2.02. The van der Waals surface area contributed by atoms with Crippen molar-refractivity contribution >= 4 is 10.9 Å². The summed E-state index contributed by atoms with van der Waals surface area (Å²) in [5, 5.41) is 4.66. The number of aromatic nitrogens is 1. The minimum Gasteiger partial charge on any atom is -0.383 e. The highest BCUT2D eigenvalue weighted by molar-refractivity contribution is 5.80. The van der Waals surface area contributed by atoms with Gasteiger partial charge < -0.3 is 19.4 Å². The van der Waals surface area contributed by atoms with E-state index >= 15 is 0 Å². The van der Waals surface area contributed by atoms with E-state index in [0.29, 0.717) is 0 Å². The fraction of sp³-hybridized carbons (Fsp3) is 0.529. The molecule has 0 radical (unpaired) electrons. The van der Waals surface area contributed by atoms with Crippen molar-refractivity contribution in [2.75, 3.05) is 33.5 Å². The lowest BCUT2D eigenvalue weighted by Crippen LogP contribution is -2.18. The third-order valence-corrected chi connectivity index (χ3v) is 3.48. The molecule has 2 aromatic rings. The molecule has 0 spiro atoms. The molecule has 0 fully saturated rings. The second-order valence-corrected chi connectivity index (χ2v) is 5.18. The maximum atomic E-state index is 5.58. The summed E-state index contributed by atoms with van der Waals surface area (Å²) in [6.07, 6.45) is 3.21. The highest BCUT2D eigenvalue weighted by Crippen LogP contribution is 2.17. The smallest absolute Gasteiger partial charge is 0.0645 e. The monoisotopic (exact) mass is 290 g/mol. The van der Waals surface area contributed by atoms with Gasteiger partial charge in [0.15, 0.2) is 0 Å². The highest BCUT2D eigenvalue weighted by atomic mass is 16.5. The average Bonchev–Trinajstić information content (AvgIpc) is 2.91. The number of benzene rings is 1. The van der Waals surface area contributed by atoms with Gasteiger partial charge >= 0.3 is 0 Å². The predicted octanol–water partition coefficient (Wildman–Crippen LogP) is 2.80. The van der Waals surface area contributed by atoms with Gasteiger partial charge in [-0.1, -0.05) is 19.1 Å². The van der Waals surface area contributed by atoms with Gasteiger partial charge in [0.05, 0.1) is 13.2 Å². The van der Waals surface area contributed by atoms with Crippen LogP contribution in [0.15, 0.2) is 30.5 Å². The summed E-state index contributed by atoms with van der Waals surface area (Å²) < 4.78 is 12.9. The molecule has 0 amide bonds. The lowest BCUT2D eigenvalue weighted by Gasteiger charge is -2.08. The summed E-state index contributed by atoms with van der Waals surface area (Å²) >= 11 is 0. The van der Waals surface area contributed by atoms with Crippen LogP contribution in [0.5, 0.6) is 0 Å². The Morgan fingerprint density at radius 2 is 2.05 bits per heavy atom. The molecule has 1 aromatic carbocycles. The van der Waals surface area contributed by atoms with Gasteiger partial charge in [-0.25, -0.2) is 0 Å². The zero-order valence-corrected chi connectivity index (χ0v) is 13.1. The van der Waals surface area contributed by atoms with E-state index in [2.05, 4.69) is 47.3 Å². The minimum absolute atomic E-state index is 0.743. The molecule has 2 rings (SSSR count). The Labute approximate surface area is 127 Å². The second-order valence-electron chi connectivity index (χ2n) is 5.18. The maximum Gasteiger partial charge on any atom is 0.0645 e. The van der Waals surface area contributed by atoms with Crippen LogP contribution in [0.4, 0.5) is 0 Å². The van der Waals surface area contributed by atoms with Gasteiger partial charge in [0, 0.05) is 45.1 Å². The second kappa shape index (κ2) is 8.82. The fourth-order valence-electron chi connectivity index (χ4n) is 2.35. The molecule has 0 aliphatic rings. The van der Waals surface area contributed by atoms with Crippen LogP contribution in [0.1, 0.15) is 18.9 Å². The number of nitrogens with one attached hydrogen (secondary N) is 1. The van der Waals surface area contributed by atoms with Crippen molar-refractivity contribution in [2.45, 2.75) is 26.4 Å². The predicted molar refractivity (Wildman–Crippen MR) is 86.6 cm³/mol. The molecule has 0 saturated carbocycles. The molecule has 0 bridgehead atoms. The van der Waals surface area contributed by atoms with E-state index in [1.165, 1.54) is 16.5 Å². The molecule has 0 saturated heterocycles. The Kier molecular flexibility index (Phi) is 6.73. The molecule has 0 aliphatic carbocycles. The van der Waals surface area contributed by atoms with Gasteiger partial charge in [-0.2, -0.15) is 0 Å². The van der Waals surface area contributed by atoms with Crippen molar-refractivity contribution in [1.29, 1.82) is 0 Å². The molecule has 0 aliphatic heterocycles. The lowest BCUT2D eigenvalue weighted by molar-refractivity contribution is 0.127. The maximum absolute atomic E-state index is 5.58. The number of fused-ring (bicyclic) bond motifs is 1. The van der Waals surface area contributed by atoms with Gasteiger partial charge in [0.2, 0.25) is 0 Å². The fourth-order valence-corrected chi connectivity index (χ4v) is 2.35. The van der Waals surface area contributed by atoms with Crippen molar-refractivity contribution in [3.8, 4) is 0 Å². The lowest BCUT2D eigenvalue weighted by atomic mass is 10.1. The molecule has 4 nitrogen and oxygen atoms in total. The number of nitrogens with zero attached hydrogens (tertiary/aromatic N) is 1. The van der Waals surface area contributed by atoms with Crippen LogP contribution < -0.4 is 5.32 Å². The molecule has 1 aromatic heterocycles. The van der Waals surface area contributed by atoms with Crippen LogP contribution in [-0.2, 0) is 22.6 Å². The summed E-state index contributed by atoms with van der Waals surface area (Å²) in [5.74, 6) is 0. The van der Waals surface area contributed by atoms with Gasteiger partial charge in [-0.15, -0.1) is 0 Å². The summed E-state index contributed by atoms with van der Waals surface area (Å²) in [5.41, 5.74) is 2.58. The Morgan fingerprint density at radius 3 is 2.86 bits per heavy atom. The number of hydrogen-bond acceptors (Lipinski definition) is 3. The Morgan fingerprint density at radius 1 is 1.14 bits per heavy atom. The van der Waals surface area contributed by atoms with Crippen LogP contribution in [-0.4, -0.2) is 38.0 Å². The first-order valence-corrected chi connectivity index (χ1v) is 7.70. The molecule has 0 unspecified atom stereocenters. The summed E-state index contributed by atoms with van der Waals surface area (Å²) in [6.45, 7) is 7.14. The number of methoxy groups -OCH3 is 1. The van der Waals surface area contributed by atoms with Crippen molar-refractivity contribution in [2.24, 2.45) is 0 Å². The van der Waals surface area contributed by atoms with E-state index < -0.39 is 0 Å². The molecular weight excluding hydrogens is 264 g/mol. The van der Waals surface area contributed by atoms with Gasteiger partial charge in [0.1, 0.15) is 0 Å². The van der Waals surface area contributed by atoms with E-state index in [0.717, 1.165) is 45.9 Å². The molecule has 1 N–H and O–H groups in total. The summed E-state index contributed by atoms with van der Waals surface area (Å²) in [7, 11) is 1.72. The molecule has 0 atom stereocenters. The Bertz CT molecular complexity index is 537. The largest absolute Gasteiger partial charge is 0.383 e. The standard InChI is InChI=1S/C17H26N2O2/c1-3-10-21-12-9-19-8-6-16-5-4-15(13-17(16)19)14-18-7-11-20-2/h4-6,8,13,18H,3,7,9-12,14H2,1-2H3. The quantitative estimate of drug-likeness (QED) is 0.683. The van der Waals surface area contributed by atoms with Crippen LogP contribution in [0.3, 0.4) is 0 Å². The number of hydrogen-bond donors (Lipinski definition) is 1. The zero-order chi connectivity index (χ0) is 14.9. The van der Waals surface area contributed by atoms with E-state index in [-0.39, 0.29) is 0 Å². The van der Waals surface area contributed by atoms with E-state index in [1.54, 1.807) is 7.11 Å². The van der Waals surface area contributed by atoms with Gasteiger partial charge in [-0.3, -0.25) is 0 Å². The summed E-state index contributed by atoms with van der Waals surface area (Å²) in [6, 6.07) is 8.79. The van der Waals surface area contributed by atoms with Crippen LogP contribution in [0.2, 0.25) is 0 Å². The third kappa shape index (κ3) is 4.84. The van der Waals surface area contributed by atoms with Crippen molar-refractivity contribution in [3.05, 3.63) is 36.0 Å².